The van der Waals surface area contributed by atoms with E-state index in [1.54, 1.807) is 0 Å². The summed E-state index contributed by atoms with van der Waals surface area (Å²) >= 11 is 2.84. The summed E-state index contributed by atoms with van der Waals surface area (Å²) in [7, 11) is 0. The van der Waals surface area contributed by atoms with Crippen molar-refractivity contribution < 1.29 is 11.3 Å². The SMILES string of the molecule is [2H]c1c(Br)oc(C([2H])([2H])[2H])c1[2H]. The Balaban J connectivity index is 3.28. The maximum atomic E-state index is 7.20. The summed E-state index contributed by atoms with van der Waals surface area (Å²) in [6.07, 6.45) is 0. The quantitative estimate of drug-likeness (QED) is 0.576. The van der Waals surface area contributed by atoms with E-state index in [1.807, 2.05) is 0 Å². The molecule has 0 atom stereocenters. The summed E-state index contributed by atoms with van der Waals surface area (Å²) in [5, 5.41) is 0. The number of hydrogen-bond acceptors (Lipinski definition) is 1. The molecule has 2 heteroatoms. The first-order valence-corrected chi connectivity index (χ1v) is 2.39. The lowest BCUT2D eigenvalue weighted by molar-refractivity contribution is 0.510. The van der Waals surface area contributed by atoms with E-state index in [0.717, 1.165) is 0 Å². The Morgan fingerprint density at radius 3 is 3.14 bits per heavy atom. The predicted molar refractivity (Wildman–Crippen MR) is 31.1 cm³/mol. The molecule has 0 amide bonds. The van der Waals surface area contributed by atoms with E-state index < -0.39 is 12.6 Å². The molecule has 0 aliphatic heterocycles. The molecule has 0 saturated carbocycles. The Labute approximate surface area is 57.5 Å². The second kappa shape index (κ2) is 1.70. The zero-order valence-electron chi connectivity index (χ0n) is 8.29. The van der Waals surface area contributed by atoms with Gasteiger partial charge in [-0.25, -0.2) is 0 Å². The molecule has 0 spiro atoms. The number of halogens is 1. The van der Waals surface area contributed by atoms with Gasteiger partial charge in [0.15, 0.2) is 4.67 Å². The maximum absolute atomic E-state index is 7.20. The van der Waals surface area contributed by atoms with Crippen LogP contribution in [0.5, 0.6) is 0 Å². The maximum Gasteiger partial charge on any atom is 0.169 e. The van der Waals surface area contributed by atoms with Gasteiger partial charge >= 0.3 is 0 Å². The lowest BCUT2D eigenvalue weighted by Gasteiger charge is -1.74. The highest BCUT2D eigenvalue weighted by atomic mass is 79.9. The lowest BCUT2D eigenvalue weighted by Crippen LogP contribution is -1.49. The van der Waals surface area contributed by atoms with E-state index in [2.05, 4.69) is 20.3 Å². The fourth-order valence-corrected chi connectivity index (χ4v) is 0.508. The van der Waals surface area contributed by atoms with Gasteiger partial charge in [0.05, 0.1) is 2.74 Å². The predicted octanol–water partition coefficient (Wildman–Crippen LogP) is 2.35. The van der Waals surface area contributed by atoms with Crippen molar-refractivity contribution in [3.05, 3.63) is 22.5 Å². The minimum Gasteiger partial charge on any atom is -0.455 e. The van der Waals surface area contributed by atoms with Gasteiger partial charge in [-0.15, -0.1) is 0 Å². The zero-order valence-corrected chi connectivity index (χ0v) is 4.87. The normalized spacial score (nSPS) is 21.6. The number of aryl methyl sites for hydroxylation is 1. The van der Waals surface area contributed by atoms with Crippen molar-refractivity contribution in [1.82, 2.24) is 0 Å². The molecule has 0 fully saturated rings. The molecule has 0 saturated heterocycles. The van der Waals surface area contributed by atoms with E-state index in [0.29, 0.717) is 0 Å². The van der Waals surface area contributed by atoms with Gasteiger partial charge in [0.1, 0.15) is 5.76 Å². The molecule has 0 bridgehead atoms. The van der Waals surface area contributed by atoms with Crippen molar-refractivity contribution >= 4 is 15.9 Å². The van der Waals surface area contributed by atoms with Crippen LogP contribution < -0.4 is 0 Å². The van der Waals surface area contributed by atoms with Gasteiger partial charge < -0.3 is 4.42 Å². The Bertz CT molecular complexity index is 302. The van der Waals surface area contributed by atoms with Crippen LogP contribution in [0, 0.1) is 6.85 Å². The highest BCUT2D eigenvalue weighted by Gasteiger charge is 1.87. The van der Waals surface area contributed by atoms with Gasteiger partial charge in [-0.05, 0) is 34.9 Å². The third-order valence-electron chi connectivity index (χ3n) is 0.466. The summed E-state index contributed by atoms with van der Waals surface area (Å²) < 4.78 is 39.9. The summed E-state index contributed by atoms with van der Waals surface area (Å²) in [5.41, 5.74) is 0. The van der Waals surface area contributed by atoms with Crippen molar-refractivity contribution in [3.8, 4) is 0 Å². The van der Waals surface area contributed by atoms with Gasteiger partial charge in [-0.3, -0.25) is 0 Å². The van der Waals surface area contributed by atoms with Crippen molar-refractivity contribution in [1.29, 1.82) is 0 Å². The first kappa shape index (κ1) is 1.62. The molecule has 1 heterocycles. The smallest absolute Gasteiger partial charge is 0.169 e. The number of hydrogen-bond donors (Lipinski definition) is 0. The van der Waals surface area contributed by atoms with Crippen molar-refractivity contribution in [2.45, 2.75) is 6.85 Å². The molecule has 1 rings (SSSR count). The average Bonchev–Trinajstić information content (AvgIpc) is 2.15. The molecule has 38 valence electrons. The molecule has 0 aliphatic carbocycles. The van der Waals surface area contributed by atoms with Gasteiger partial charge in [-0.1, -0.05) is 0 Å². The van der Waals surface area contributed by atoms with Crippen LogP contribution in [0.2, 0.25) is 0 Å². The topological polar surface area (TPSA) is 13.1 Å². The largest absolute Gasteiger partial charge is 0.455 e. The molecule has 0 unspecified atom stereocenters. The molecular weight excluding hydrogens is 156 g/mol. The minimum absolute atomic E-state index is 0.0152. The van der Waals surface area contributed by atoms with Crippen LogP contribution in [0.25, 0.3) is 0 Å². The Morgan fingerprint density at radius 2 is 2.86 bits per heavy atom. The molecule has 0 radical (unpaired) electrons. The fourth-order valence-electron chi connectivity index (χ4n) is 0.247. The van der Waals surface area contributed by atoms with Crippen LogP contribution in [0.4, 0.5) is 0 Å². The van der Waals surface area contributed by atoms with Crippen LogP contribution in [0.1, 0.15) is 12.6 Å². The Kier molecular flexibility index (Phi) is 0.394. The van der Waals surface area contributed by atoms with Crippen LogP contribution in [-0.4, -0.2) is 0 Å². The van der Waals surface area contributed by atoms with Crippen LogP contribution in [0.15, 0.2) is 21.2 Å². The second-order valence-electron chi connectivity index (χ2n) is 0.955. The molecule has 1 aromatic rings. The Morgan fingerprint density at radius 1 is 2.00 bits per heavy atom. The molecule has 0 N–H and O–H groups in total. The molecule has 0 aliphatic rings. The van der Waals surface area contributed by atoms with Crippen molar-refractivity contribution in [2.24, 2.45) is 0 Å². The van der Waals surface area contributed by atoms with Crippen molar-refractivity contribution in [2.75, 3.05) is 0 Å². The molecule has 1 aromatic heterocycles. The van der Waals surface area contributed by atoms with Gasteiger partial charge in [-0.2, -0.15) is 0 Å². The second-order valence-corrected chi connectivity index (χ2v) is 1.68. The average molecular weight is 166 g/mol. The first-order valence-electron chi connectivity index (χ1n) is 4.10. The van der Waals surface area contributed by atoms with E-state index in [9.17, 15) is 0 Å². The standard InChI is InChI=1S/C5H5BrO/c1-4-2-3-5(6)7-4/h2-3H,1H3/i1D3,2D,3D. The zero-order chi connectivity index (χ0) is 9.52. The molecule has 7 heavy (non-hydrogen) atoms. The molecule has 0 aromatic carbocycles. The highest BCUT2D eigenvalue weighted by molar-refractivity contribution is 9.10. The molecule has 1 nitrogen and oxygen atoms in total. The summed E-state index contributed by atoms with van der Waals surface area (Å²) in [6, 6.07) is -0.622. The van der Waals surface area contributed by atoms with Gasteiger partial charge in [0.25, 0.3) is 0 Å². The van der Waals surface area contributed by atoms with Crippen LogP contribution in [-0.2, 0) is 0 Å². The lowest BCUT2D eigenvalue weighted by atomic mass is 10.5. The summed E-state index contributed by atoms with van der Waals surface area (Å²) in [5.74, 6) is -0.445. The van der Waals surface area contributed by atoms with E-state index >= 15 is 0 Å². The third-order valence-corrected chi connectivity index (χ3v) is 0.826. The monoisotopic (exact) mass is 165 g/mol. The minimum atomic E-state index is -2.46. The number of rotatable bonds is 0. The fraction of sp³-hybridized carbons (Fsp3) is 0.200. The van der Waals surface area contributed by atoms with Gasteiger partial charge in [0.2, 0.25) is 0 Å². The van der Waals surface area contributed by atoms with Gasteiger partial charge in [0, 0.05) is 4.11 Å². The first-order chi connectivity index (χ1) is 5.34. The van der Waals surface area contributed by atoms with Crippen LogP contribution in [0.3, 0.4) is 0 Å². The van der Waals surface area contributed by atoms with Crippen molar-refractivity contribution in [3.63, 3.8) is 0 Å². The number of furan rings is 1. The van der Waals surface area contributed by atoms with Crippen LogP contribution >= 0.6 is 15.9 Å². The Hall–Kier alpha value is -0.240. The third kappa shape index (κ3) is 1.06. The van der Waals surface area contributed by atoms with E-state index in [-0.39, 0.29) is 16.8 Å². The van der Waals surface area contributed by atoms with E-state index in [1.165, 1.54) is 0 Å². The summed E-state index contributed by atoms with van der Waals surface area (Å²) in [6.45, 7) is -2.46. The van der Waals surface area contributed by atoms with E-state index in [4.69, 9.17) is 6.85 Å². The summed E-state index contributed by atoms with van der Waals surface area (Å²) in [4.78, 5) is 0. The highest BCUT2D eigenvalue weighted by Crippen LogP contribution is 2.11. The molecular formula is C5H5BrO.